The van der Waals surface area contributed by atoms with Crippen LogP contribution in [0.4, 0.5) is 5.69 Å². The Kier molecular flexibility index (Phi) is 7.87. The number of aryl methyl sites for hydroxylation is 1. The smallest absolute Gasteiger partial charge is 0.329 e. The van der Waals surface area contributed by atoms with Crippen LogP contribution in [0.1, 0.15) is 6.92 Å². The number of hydrogen-bond acceptors (Lipinski definition) is 4. The Morgan fingerprint density at radius 2 is 2.05 bits per heavy atom. The minimum Gasteiger partial charge on any atom is -0.329 e. The van der Waals surface area contributed by atoms with Gasteiger partial charge in [0.15, 0.2) is 5.17 Å². The topological polar surface area (TPSA) is 68.4 Å². The standard InChI is InChI=1S/C12H18N4O2S.HI/c1-8(2)6-13-11(19-5)14-9-7-15(3)12(18)16(4)10(9)17;/h7H,1,6H2,2-5H3,(H,13,14);1H. The SMILES string of the molecule is C=C(C)CN=C(Nc1cn(C)c(=O)n(C)c1=O)SC.I. The van der Waals surface area contributed by atoms with E-state index in [1.807, 2.05) is 13.2 Å². The van der Waals surface area contributed by atoms with Gasteiger partial charge in [0.05, 0.1) is 6.54 Å². The molecule has 0 atom stereocenters. The Bertz CT molecular complexity index is 633. The lowest BCUT2D eigenvalue weighted by Crippen LogP contribution is -2.38. The zero-order valence-corrected chi connectivity index (χ0v) is 15.1. The maximum absolute atomic E-state index is 11.9. The molecule has 0 bridgehead atoms. The van der Waals surface area contributed by atoms with Crippen molar-refractivity contribution < 1.29 is 0 Å². The van der Waals surface area contributed by atoms with E-state index in [1.54, 1.807) is 7.05 Å². The summed E-state index contributed by atoms with van der Waals surface area (Å²) in [5.74, 6) is 0. The Morgan fingerprint density at radius 1 is 1.45 bits per heavy atom. The summed E-state index contributed by atoms with van der Waals surface area (Å²) in [4.78, 5) is 27.8. The van der Waals surface area contributed by atoms with Crippen molar-refractivity contribution >= 4 is 46.6 Å². The van der Waals surface area contributed by atoms with Crippen molar-refractivity contribution in [3.05, 3.63) is 39.2 Å². The molecule has 0 spiro atoms. The molecule has 1 heterocycles. The average Bonchev–Trinajstić information content (AvgIpc) is 2.37. The first kappa shape index (κ1) is 19.0. The van der Waals surface area contributed by atoms with Gasteiger partial charge in [-0.25, -0.2) is 4.79 Å². The second-order valence-electron chi connectivity index (χ2n) is 4.21. The van der Waals surface area contributed by atoms with Gasteiger partial charge in [-0.2, -0.15) is 0 Å². The van der Waals surface area contributed by atoms with Gasteiger partial charge < -0.3 is 9.88 Å². The molecule has 0 fully saturated rings. The number of nitrogens with zero attached hydrogens (tertiary/aromatic N) is 3. The molecule has 0 radical (unpaired) electrons. The van der Waals surface area contributed by atoms with Crippen LogP contribution in [-0.4, -0.2) is 27.1 Å². The van der Waals surface area contributed by atoms with Crippen LogP contribution in [-0.2, 0) is 14.1 Å². The number of anilines is 1. The summed E-state index contributed by atoms with van der Waals surface area (Å²) < 4.78 is 2.40. The van der Waals surface area contributed by atoms with E-state index in [0.29, 0.717) is 17.4 Å². The summed E-state index contributed by atoms with van der Waals surface area (Å²) in [5, 5.41) is 3.55. The monoisotopic (exact) mass is 410 g/mol. The van der Waals surface area contributed by atoms with Crippen molar-refractivity contribution in [3.63, 3.8) is 0 Å². The number of rotatable bonds is 3. The Balaban J connectivity index is 0.00000361. The number of hydrogen-bond donors (Lipinski definition) is 1. The molecule has 0 amide bonds. The molecule has 1 N–H and O–H groups in total. The van der Waals surface area contributed by atoms with Gasteiger partial charge in [-0.1, -0.05) is 23.9 Å². The molecule has 1 aromatic rings. The van der Waals surface area contributed by atoms with Crippen LogP contribution in [0.3, 0.4) is 0 Å². The molecule has 1 aromatic heterocycles. The van der Waals surface area contributed by atoms with Gasteiger partial charge >= 0.3 is 5.69 Å². The lowest BCUT2D eigenvalue weighted by atomic mass is 10.4. The Morgan fingerprint density at radius 3 is 2.55 bits per heavy atom. The van der Waals surface area contributed by atoms with E-state index in [4.69, 9.17) is 0 Å². The second-order valence-corrected chi connectivity index (χ2v) is 5.00. The first-order valence-corrected chi connectivity index (χ1v) is 6.85. The Hall–Kier alpha value is -1.03. The molecule has 112 valence electrons. The molecule has 20 heavy (non-hydrogen) atoms. The molecular formula is C12H19IN4O2S. The molecule has 0 saturated carbocycles. The van der Waals surface area contributed by atoms with Crippen LogP contribution in [0.15, 0.2) is 32.9 Å². The summed E-state index contributed by atoms with van der Waals surface area (Å²) in [7, 11) is 3.04. The third kappa shape index (κ3) is 4.82. The first-order chi connectivity index (χ1) is 8.86. The van der Waals surface area contributed by atoms with Crippen LogP contribution in [0.25, 0.3) is 0 Å². The predicted octanol–water partition coefficient (Wildman–Crippen LogP) is 1.41. The summed E-state index contributed by atoms with van der Waals surface area (Å²) in [5.41, 5.74) is 0.515. The summed E-state index contributed by atoms with van der Waals surface area (Å²) in [6.45, 7) is 6.15. The highest BCUT2D eigenvalue weighted by atomic mass is 127. The van der Waals surface area contributed by atoms with Crippen LogP contribution < -0.4 is 16.6 Å². The third-order valence-corrected chi connectivity index (χ3v) is 2.99. The minimum absolute atomic E-state index is 0. The number of thioether (sulfide) groups is 1. The normalized spacial score (nSPS) is 10.9. The molecule has 1 rings (SSSR count). The number of amidine groups is 1. The van der Waals surface area contributed by atoms with Crippen LogP contribution in [0.5, 0.6) is 0 Å². The van der Waals surface area contributed by atoms with Crippen molar-refractivity contribution in [1.29, 1.82) is 0 Å². The van der Waals surface area contributed by atoms with Crippen molar-refractivity contribution in [2.24, 2.45) is 19.1 Å². The zero-order valence-electron chi connectivity index (χ0n) is 12.0. The lowest BCUT2D eigenvalue weighted by molar-refractivity contribution is 0.689. The summed E-state index contributed by atoms with van der Waals surface area (Å²) >= 11 is 1.39. The lowest BCUT2D eigenvalue weighted by Gasteiger charge is -2.10. The van der Waals surface area contributed by atoms with E-state index in [2.05, 4.69) is 16.9 Å². The highest BCUT2D eigenvalue weighted by Gasteiger charge is 2.08. The van der Waals surface area contributed by atoms with Crippen LogP contribution in [0.2, 0.25) is 0 Å². The molecule has 0 saturated heterocycles. The second kappa shape index (κ2) is 8.30. The molecule has 8 heteroatoms. The summed E-state index contributed by atoms with van der Waals surface area (Å²) in [6.07, 6.45) is 3.33. The molecule has 0 aliphatic carbocycles. The molecule has 0 aliphatic rings. The number of nitrogens with one attached hydrogen (secondary N) is 1. The van der Waals surface area contributed by atoms with Gasteiger partial charge in [0.25, 0.3) is 5.56 Å². The highest BCUT2D eigenvalue weighted by Crippen LogP contribution is 2.04. The van der Waals surface area contributed by atoms with Crippen molar-refractivity contribution in [2.45, 2.75) is 6.92 Å². The van der Waals surface area contributed by atoms with E-state index >= 15 is 0 Å². The van der Waals surface area contributed by atoms with Gasteiger partial charge in [-0.3, -0.25) is 14.4 Å². The molecular weight excluding hydrogens is 391 g/mol. The van der Waals surface area contributed by atoms with Gasteiger partial charge in [0.1, 0.15) is 5.69 Å². The highest BCUT2D eigenvalue weighted by molar-refractivity contribution is 14.0. The fraction of sp³-hybridized carbons (Fsp3) is 0.417. The summed E-state index contributed by atoms with van der Waals surface area (Å²) in [6, 6.07) is 0. The molecule has 6 nitrogen and oxygen atoms in total. The van der Waals surface area contributed by atoms with Crippen LogP contribution >= 0.6 is 35.7 Å². The maximum Gasteiger partial charge on any atom is 0.330 e. The zero-order chi connectivity index (χ0) is 14.6. The average molecular weight is 410 g/mol. The number of aliphatic imine (C=N–C) groups is 1. The van der Waals surface area contributed by atoms with E-state index in [-0.39, 0.29) is 35.2 Å². The molecule has 0 unspecified atom stereocenters. The van der Waals surface area contributed by atoms with E-state index in [0.717, 1.165) is 10.1 Å². The van der Waals surface area contributed by atoms with Crippen molar-refractivity contribution in [2.75, 3.05) is 18.1 Å². The third-order valence-electron chi connectivity index (χ3n) is 2.37. The Labute approximate surface area is 139 Å². The largest absolute Gasteiger partial charge is 0.330 e. The fourth-order valence-corrected chi connectivity index (χ4v) is 1.78. The van der Waals surface area contributed by atoms with Crippen LogP contribution in [0, 0.1) is 0 Å². The van der Waals surface area contributed by atoms with E-state index in [1.165, 1.54) is 29.6 Å². The fourth-order valence-electron chi connectivity index (χ4n) is 1.37. The van der Waals surface area contributed by atoms with Gasteiger partial charge in [0.2, 0.25) is 0 Å². The first-order valence-electron chi connectivity index (χ1n) is 5.63. The van der Waals surface area contributed by atoms with E-state index in [9.17, 15) is 9.59 Å². The van der Waals surface area contributed by atoms with Crippen molar-refractivity contribution in [3.8, 4) is 0 Å². The minimum atomic E-state index is -0.375. The van der Waals surface area contributed by atoms with Gasteiger partial charge in [0, 0.05) is 20.3 Å². The van der Waals surface area contributed by atoms with E-state index < -0.39 is 0 Å². The number of halogens is 1. The number of aromatic nitrogens is 2. The van der Waals surface area contributed by atoms with Gasteiger partial charge in [-0.05, 0) is 13.2 Å². The maximum atomic E-state index is 11.9. The molecule has 0 aliphatic heterocycles. The predicted molar refractivity (Wildman–Crippen MR) is 96.6 cm³/mol. The van der Waals surface area contributed by atoms with Crippen molar-refractivity contribution in [1.82, 2.24) is 9.13 Å². The van der Waals surface area contributed by atoms with Gasteiger partial charge in [-0.15, -0.1) is 24.0 Å². The molecule has 0 aromatic carbocycles. The quantitative estimate of drug-likeness (QED) is 0.354.